The van der Waals surface area contributed by atoms with E-state index in [1.165, 1.54) is 9.47 Å². The van der Waals surface area contributed by atoms with Crippen molar-refractivity contribution in [3.8, 4) is 11.1 Å². The third kappa shape index (κ3) is 3.64. The van der Waals surface area contributed by atoms with E-state index in [0.29, 0.717) is 0 Å². The summed E-state index contributed by atoms with van der Waals surface area (Å²) in [7, 11) is 3.34. The first-order chi connectivity index (χ1) is 11.8. The van der Waals surface area contributed by atoms with Crippen molar-refractivity contribution in [2.24, 2.45) is 0 Å². The number of rotatable bonds is 3. The van der Waals surface area contributed by atoms with Gasteiger partial charge in [0.1, 0.15) is 6.54 Å². The second-order valence-corrected chi connectivity index (χ2v) is 7.00. The van der Waals surface area contributed by atoms with Gasteiger partial charge in [-0.3, -0.25) is 14.6 Å². The second-order valence-electron chi connectivity index (χ2n) is 6.15. The minimum absolute atomic E-state index is 0.0403. The second kappa shape index (κ2) is 6.80. The van der Waals surface area contributed by atoms with Crippen LogP contribution in [0.3, 0.4) is 0 Å². The first-order valence-electron chi connectivity index (χ1n) is 7.83. The van der Waals surface area contributed by atoms with E-state index >= 15 is 0 Å². The molecule has 6 heteroatoms. The molecule has 0 spiro atoms. The van der Waals surface area contributed by atoms with Crippen molar-refractivity contribution in [2.75, 3.05) is 14.1 Å². The summed E-state index contributed by atoms with van der Waals surface area (Å²) in [6.07, 6.45) is 1.66. The maximum atomic E-state index is 12.3. The zero-order valence-electron chi connectivity index (χ0n) is 14.3. The van der Waals surface area contributed by atoms with Gasteiger partial charge in [0.2, 0.25) is 5.91 Å². The summed E-state index contributed by atoms with van der Waals surface area (Å²) in [5, 5.41) is 0.995. The lowest BCUT2D eigenvalue weighted by molar-refractivity contribution is -0.129. The van der Waals surface area contributed by atoms with E-state index in [-0.39, 0.29) is 18.0 Å². The van der Waals surface area contributed by atoms with Crippen molar-refractivity contribution in [1.29, 1.82) is 0 Å². The summed E-state index contributed by atoms with van der Waals surface area (Å²) in [5.74, 6) is -0.120. The van der Waals surface area contributed by atoms with Gasteiger partial charge in [-0.15, -0.1) is 0 Å². The average molecular weight is 400 g/mol. The molecule has 3 aromatic rings. The SMILES string of the molecule is Cc1cc(Br)c2cc(-c3ccn(CC(=O)N(C)C)c(=O)c3)ccc2n1. The van der Waals surface area contributed by atoms with Crippen LogP contribution in [0.5, 0.6) is 0 Å². The highest BCUT2D eigenvalue weighted by Gasteiger charge is 2.09. The molecule has 0 N–H and O–H groups in total. The van der Waals surface area contributed by atoms with Gasteiger partial charge in [0.25, 0.3) is 5.56 Å². The number of aryl methyl sites for hydroxylation is 1. The third-order valence-electron chi connectivity index (χ3n) is 4.02. The van der Waals surface area contributed by atoms with Crippen molar-refractivity contribution in [3.05, 3.63) is 63.1 Å². The van der Waals surface area contributed by atoms with Gasteiger partial charge in [0.15, 0.2) is 0 Å². The molecule has 1 aromatic carbocycles. The van der Waals surface area contributed by atoms with Crippen LogP contribution in [-0.2, 0) is 11.3 Å². The van der Waals surface area contributed by atoms with Crippen LogP contribution in [0.4, 0.5) is 0 Å². The smallest absolute Gasteiger partial charge is 0.251 e. The number of likely N-dealkylation sites (N-methyl/N-ethyl adjacent to an activating group) is 1. The van der Waals surface area contributed by atoms with Gasteiger partial charge in [0.05, 0.1) is 5.52 Å². The van der Waals surface area contributed by atoms with E-state index < -0.39 is 0 Å². The molecule has 0 aliphatic heterocycles. The Labute approximate surface area is 154 Å². The number of hydrogen-bond acceptors (Lipinski definition) is 3. The third-order valence-corrected chi connectivity index (χ3v) is 4.68. The van der Waals surface area contributed by atoms with Gasteiger partial charge < -0.3 is 9.47 Å². The number of amides is 1. The van der Waals surface area contributed by atoms with E-state index in [2.05, 4.69) is 20.9 Å². The number of carbonyl (C=O) groups excluding carboxylic acids is 1. The van der Waals surface area contributed by atoms with Crippen LogP contribution >= 0.6 is 15.9 Å². The number of nitrogens with zero attached hydrogens (tertiary/aromatic N) is 3. The molecule has 2 heterocycles. The summed E-state index contributed by atoms with van der Waals surface area (Å²) in [6, 6.07) is 11.3. The average Bonchev–Trinajstić information content (AvgIpc) is 2.56. The standard InChI is InChI=1S/C19H18BrN3O2/c1-12-8-16(20)15-9-13(4-5-17(15)21-12)14-6-7-23(18(24)10-14)11-19(25)22(2)3/h4-10H,11H2,1-3H3. The molecule has 0 unspecified atom stereocenters. The lowest BCUT2D eigenvalue weighted by Gasteiger charge is -2.12. The Bertz CT molecular complexity index is 1020. The fourth-order valence-corrected chi connectivity index (χ4v) is 3.24. The molecule has 0 aliphatic carbocycles. The number of hydrogen-bond donors (Lipinski definition) is 0. The summed E-state index contributed by atoms with van der Waals surface area (Å²) in [6.45, 7) is 1.99. The highest BCUT2D eigenvalue weighted by Crippen LogP contribution is 2.28. The summed E-state index contributed by atoms with van der Waals surface area (Å²) in [5.41, 5.74) is 3.39. The molecule has 25 heavy (non-hydrogen) atoms. The summed E-state index contributed by atoms with van der Waals surface area (Å²) >= 11 is 3.57. The molecule has 0 fully saturated rings. The van der Waals surface area contributed by atoms with Gasteiger partial charge >= 0.3 is 0 Å². The Kier molecular flexibility index (Phi) is 4.72. The van der Waals surface area contributed by atoms with Gasteiger partial charge in [-0.1, -0.05) is 22.0 Å². The largest absolute Gasteiger partial charge is 0.347 e. The van der Waals surface area contributed by atoms with E-state index in [9.17, 15) is 9.59 Å². The normalized spacial score (nSPS) is 10.9. The Morgan fingerprint density at radius 3 is 2.56 bits per heavy atom. The van der Waals surface area contributed by atoms with Crippen molar-refractivity contribution in [2.45, 2.75) is 13.5 Å². The molecule has 0 saturated heterocycles. The van der Waals surface area contributed by atoms with Crippen molar-refractivity contribution in [1.82, 2.24) is 14.5 Å². The van der Waals surface area contributed by atoms with Gasteiger partial charge in [-0.25, -0.2) is 0 Å². The monoisotopic (exact) mass is 399 g/mol. The first kappa shape index (κ1) is 17.4. The van der Waals surface area contributed by atoms with E-state index in [1.807, 2.05) is 37.3 Å². The zero-order chi connectivity index (χ0) is 18.1. The van der Waals surface area contributed by atoms with E-state index in [1.54, 1.807) is 26.4 Å². The van der Waals surface area contributed by atoms with Gasteiger partial charge in [-0.05, 0) is 42.3 Å². The predicted molar refractivity (Wildman–Crippen MR) is 103 cm³/mol. The fourth-order valence-electron chi connectivity index (χ4n) is 2.59. The van der Waals surface area contributed by atoms with Gasteiger partial charge in [0, 0.05) is 41.9 Å². The molecule has 0 bridgehead atoms. The Morgan fingerprint density at radius 1 is 1.16 bits per heavy atom. The number of benzene rings is 1. The summed E-state index contributed by atoms with van der Waals surface area (Å²) < 4.78 is 2.38. The zero-order valence-corrected chi connectivity index (χ0v) is 15.9. The number of carbonyl (C=O) groups is 1. The van der Waals surface area contributed by atoms with Crippen molar-refractivity contribution in [3.63, 3.8) is 0 Å². The molecule has 5 nitrogen and oxygen atoms in total. The molecular weight excluding hydrogens is 382 g/mol. The first-order valence-corrected chi connectivity index (χ1v) is 8.62. The topological polar surface area (TPSA) is 55.2 Å². The van der Waals surface area contributed by atoms with E-state index in [0.717, 1.165) is 32.2 Å². The lowest BCUT2D eigenvalue weighted by atomic mass is 10.0. The molecule has 1 amide bonds. The molecule has 0 radical (unpaired) electrons. The van der Waals surface area contributed by atoms with E-state index in [4.69, 9.17) is 0 Å². The molecule has 0 saturated carbocycles. The number of fused-ring (bicyclic) bond motifs is 1. The summed E-state index contributed by atoms with van der Waals surface area (Å²) in [4.78, 5) is 30.1. The molecule has 128 valence electrons. The Morgan fingerprint density at radius 2 is 1.88 bits per heavy atom. The Balaban J connectivity index is 2.00. The number of aromatic nitrogens is 2. The highest BCUT2D eigenvalue weighted by atomic mass is 79.9. The molecule has 2 aromatic heterocycles. The van der Waals surface area contributed by atoms with Crippen LogP contribution < -0.4 is 5.56 Å². The van der Waals surface area contributed by atoms with Crippen LogP contribution in [0.25, 0.3) is 22.0 Å². The minimum atomic E-state index is -0.200. The quantitative estimate of drug-likeness (QED) is 0.679. The maximum Gasteiger partial charge on any atom is 0.251 e. The maximum absolute atomic E-state index is 12.3. The van der Waals surface area contributed by atoms with Crippen LogP contribution in [0.2, 0.25) is 0 Å². The van der Waals surface area contributed by atoms with Gasteiger partial charge in [-0.2, -0.15) is 0 Å². The lowest BCUT2D eigenvalue weighted by Crippen LogP contribution is -2.31. The Hall–Kier alpha value is -2.47. The van der Waals surface area contributed by atoms with Crippen LogP contribution in [-0.4, -0.2) is 34.5 Å². The van der Waals surface area contributed by atoms with Crippen LogP contribution in [0, 0.1) is 6.92 Å². The fraction of sp³-hybridized carbons (Fsp3) is 0.211. The molecular formula is C19H18BrN3O2. The molecule has 0 atom stereocenters. The van der Waals surface area contributed by atoms with Crippen LogP contribution in [0.1, 0.15) is 5.69 Å². The predicted octanol–water partition coefficient (Wildman–Crippen LogP) is 3.22. The minimum Gasteiger partial charge on any atom is -0.347 e. The number of halogens is 1. The van der Waals surface area contributed by atoms with Crippen molar-refractivity contribution >= 4 is 32.7 Å². The van der Waals surface area contributed by atoms with Crippen molar-refractivity contribution < 1.29 is 4.79 Å². The van der Waals surface area contributed by atoms with Crippen LogP contribution in [0.15, 0.2) is 51.9 Å². The highest BCUT2D eigenvalue weighted by molar-refractivity contribution is 9.10. The molecule has 0 aliphatic rings. The number of pyridine rings is 2. The molecule has 3 rings (SSSR count).